The number of benzene rings is 1. The summed E-state index contributed by atoms with van der Waals surface area (Å²) >= 11 is 0. The Labute approximate surface area is 183 Å². The second-order valence-electron chi connectivity index (χ2n) is 6.94. The van der Waals surface area contributed by atoms with Crippen LogP contribution in [0.4, 0.5) is 5.69 Å². The molecule has 1 aromatic carbocycles. The monoisotopic (exact) mass is 441 g/mol. The van der Waals surface area contributed by atoms with Gasteiger partial charge in [0.1, 0.15) is 0 Å². The van der Waals surface area contributed by atoms with Crippen LogP contribution in [0.1, 0.15) is 36.0 Å². The minimum Gasteiger partial charge on any atom is -0.352 e. The molecule has 9 heteroatoms. The Morgan fingerprint density at radius 2 is 2.14 bits per heavy atom. The van der Waals surface area contributed by atoms with Gasteiger partial charge in [0.2, 0.25) is 5.91 Å². The number of hydrogen-bond donors (Lipinski definition) is 3. The summed E-state index contributed by atoms with van der Waals surface area (Å²) < 4.78 is 1.85. The lowest BCUT2D eigenvalue weighted by molar-refractivity contribution is -0.116. The predicted octanol–water partition coefficient (Wildman–Crippen LogP) is 2.88. The van der Waals surface area contributed by atoms with Crippen LogP contribution in [0.3, 0.4) is 0 Å². The topological polar surface area (TPSA) is 88.0 Å². The third kappa shape index (κ3) is 8.43. The number of aryl methyl sites for hydroxylation is 1. The van der Waals surface area contributed by atoms with E-state index < -0.39 is 0 Å². The number of halogens is 2. The fraction of sp³-hybridized carbons (Fsp3) is 0.450. The summed E-state index contributed by atoms with van der Waals surface area (Å²) in [6.45, 7) is 3.38. The van der Waals surface area contributed by atoms with Crippen molar-refractivity contribution in [2.75, 3.05) is 25.0 Å². The maximum absolute atomic E-state index is 12.4. The highest BCUT2D eigenvalue weighted by molar-refractivity contribution is 5.97. The predicted molar refractivity (Wildman–Crippen MR) is 119 cm³/mol. The molecular weight excluding hydrogens is 413 g/mol. The number of hydrogen-bond acceptors (Lipinski definition) is 4. The molecule has 2 heterocycles. The van der Waals surface area contributed by atoms with Crippen molar-refractivity contribution in [3.05, 3.63) is 48.5 Å². The summed E-state index contributed by atoms with van der Waals surface area (Å²) in [5.41, 5.74) is 1.19. The molecule has 2 amide bonds. The summed E-state index contributed by atoms with van der Waals surface area (Å²) in [4.78, 5) is 28.4. The van der Waals surface area contributed by atoms with E-state index in [1.165, 1.54) is 12.8 Å². The Balaban J connectivity index is 0.00000210. The number of piperidine rings is 1. The fourth-order valence-electron chi connectivity index (χ4n) is 3.27. The third-order valence-corrected chi connectivity index (χ3v) is 4.80. The molecule has 1 aliphatic rings. The molecule has 1 saturated heterocycles. The molecule has 0 spiro atoms. The van der Waals surface area contributed by atoms with Crippen molar-refractivity contribution in [3.63, 3.8) is 0 Å². The Hall–Kier alpha value is -2.09. The number of carbonyl (C=O) groups excluding carboxylic acids is 2. The van der Waals surface area contributed by atoms with Gasteiger partial charge in [0.05, 0.1) is 6.33 Å². The van der Waals surface area contributed by atoms with Gasteiger partial charge in [0, 0.05) is 43.2 Å². The zero-order valence-corrected chi connectivity index (χ0v) is 17.9. The van der Waals surface area contributed by atoms with Gasteiger partial charge in [-0.15, -0.1) is 24.8 Å². The maximum atomic E-state index is 12.4. The molecule has 2 aromatic rings. The normalized spacial score (nSPS) is 15.5. The summed E-state index contributed by atoms with van der Waals surface area (Å²) in [5.74, 6) is 0.444. The van der Waals surface area contributed by atoms with Crippen LogP contribution in [-0.4, -0.2) is 41.0 Å². The van der Waals surface area contributed by atoms with Gasteiger partial charge in [-0.05, 0) is 56.5 Å². The van der Waals surface area contributed by atoms with Gasteiger partial charge in [-0.2, -0.15) is 0 Å². The quantitative estimate of drug-likeness (QED) is 0.587. The molecule has 1 fully saturated rings. The molecule has 160 valence electrons. The third-order valence-electron chi connectivity index (χ3n) is 4.80. The first-order chi connectivity index (χ1) is 13.2. The van der Waals surface area contributed by atoms with Crippen LogP contribution in [0.2, 0.25) is 0 Å². The number of carbonyl (C=O) groups is 2. The van der Waals surface area contributed by atoms with Crippen molar-refractivity contribution in [1.82, 2.24) is 20.2 Å². The molecule has 0 radical (unpaired) electrons. The van der Waals surface area contributed by atoms with E-state index in [1.54, 1.807) is 36.8 Å². The minimum absolute atomic E-state index is 0. The van der Waals surface area contributed by atoms with Crippen molar-refractivity contribution in [2.24, 2.45) is 5.92 Å². The summed E-state index contributed by atoms with van der Waals surface area (Å²) in [6.07, 6.45) is 8.96. The van der Waals surface area contributed by atoms with Gasteiger partial charge in [-0.1, -0.05) is 6.07 Å². The van der Waals surface area contributed by atoms with Gasteiger partial charge in [-0.3, -0.25) is 9.59 Å². The van der Waals surface area contributed by atoms with Gasteiger partial charge in [-0.25, -0.2) is 4.98 Å². The van der Waals surface area contributed by atoms with E-state index in [-0.39, 0.29) is 36.6 Å². The van der Waals surface area contributed by atoms with Crippen molar-refractivity contribution in [3.8, 4) is 0 Å². The van der Waals surface area contributed by atoms with Gasteiger partial charge in [0.15, 0.2) is 0 Å². The lowest BCUT2D eigenvalue weighted by atomic mass is 9.96. The zero-order chi connectivity index (χ0) is 18.9. The lowest BCUT2D eigenvalue weighted by Gasteiger charge is -2.22. The Kier molecular flexibility index (Phi) is 11.3. The molecule has 3 rings (SSSR count). The number of rotatable bonds is 8. The first kappa shape index (κ1) is 24.9. The highest BCUT2D eigenvalue weighted by Crippen LogP contribution is 2.14. The van der Waals surface area contributed by atoms with Crippen molar-refractivity contribution in [2.45, 2.75) is 32.2 Å². The number of nitrogens with one attached hydrogen (secondary N) is 3. The van der Waals surface area contributed by atoms with Crippen LogP contribution in [0, 0.1) is 5.92 Å². The molecule has 1 atom stereocenters. The molecule has 1 unspecified atom stereocenters. The number of amides is 2. The molecule has 1 aliphatic heterocycles. The van der Waals surface area contributed by atoms with E-state index in [9.17, 15) is 9.59 Å². The van der Waals surface area contributed by atoms with Crippen LogP contribution >= 0.6 is 24.8 Å². The van der Waals surface area contributed by atoms with E-state index >= 15 is 0 Å². The molecule has 1 aromatic heterocycles. The van der Waals surface area contributed by atoms with E-state index in [0.717, 1.165) is 19.5 Å². The molecule has 29 heavy (non-hydrogen) atoms. The molecular formula is C20H29Cl2N5O2. The molecule has 0 saturated carbocycles. The molecule has 3 N–H and O–H groups in total. The van der Waals surface area contributed by atoms with Crippen LogP contribution < -0.4 is 16.0 Å². The second-order valence-corrected chi connectivity index (χ2v) is 6.94. The van der Waals surface area contributed by atoms with Crippen LogP contribution in [0.25, 0.3) is 0 Å². The first-order valence-corrected chi connectivity index (χ1v) is 9.55. The Morgan fingerprint density at radius 1 is 1.28 bits per heavy atom. The SMILES string of the molecule is Cl.Cl.O=C(CCn1ccnc1)Nc1cccc(C(=O)NCCC2CCCNC2)c1. The molecule has 0 bridgehead atoms. The average Bonchev–Trinajstić information content (AvgIpc) is 3.21. The smallest absolute Gasteiger partial charge is 0.251 e. The standard InChI is InChI=1S/C20H27N5O2.2ClH/c26-19(7-11-25-12-10-22-15-25)24-18-5-1-4-17(13-18)20(27)23-9-6-16-3-2-8-21-14-16;;/h1,4-5,10,12-13,15-16,21H,2-3,6-9,11,14H2,(H,23,27)(H,24,26);2*1H. The number of aromatic nitrogens is 2. The maximum Gasteiger partial charge on any atom is 0.251 e. The number of anilines is 1. The fourth-order valence-corrected chi connectivity index (χ4v) is 3.27. The average molecular weight is 442 g/mol. The van der Waals surface area contributed by atoms with E-state index in [4.69, 9.17) is 0 Å². The largest absolute Gasteiger partial charge is 0.352 e. The highest BCUT2D eigenvalue weighted by atomic mass is 35.5. The summed E-state index contributed by atoms with van der Waals surface area (Å²) in [6, 6.07) is 7.05. The summed E-state index contributed by atoms with van der Waals surface area (Å²) in [5, 5.41) is 9.22. The minimum atomic E-state index is -0.103. The van der Waals surface area contributed by atoms with Crippen molar-refractivity contribution < 1.29 is 9.59 Å². The Morgan fingerprint density at radius 3 is 2.86 bits per heavy atom. The van der Waals surface area contributed by atoms with Gasteiger partial charge < -0.3 is 20.5 Å². The van der Waals surface area contributed by atoms with Gasteiger partial charge in [0.25, 0.3) is 5.91 Å². The summed E-state index contributed by atoms with van der Waals surface area (Å²) in [7, 11) is 0. The number of nitrogens with zero attached hydrogens (tertiary/aromatic N) is 2. The van der Waals surface area contributed by atoms with E-state index in [0.29, 0.717) is 36.7 Å². The second kappa shape index (κ2) is 13.2. The van der Waals surface area contributed by atoms with Crippen molar-refractivity contribution in [1.29, 1.82) is 0 Å². The van der Waals surface area contributed by atoms with Crippen LogP contribution in [-0.2, 0) is 11.3 Å². The highest BCUT2D eigenvalue weighted by Gasteiger charge is 2.13. The van der Waals surface area contributed by atoms with Crippen LogP contribution in [0.5, 0.6) is 0 Å². The zero-order valence-electron chi connectivity index (χ0n) is 16.3. The van der Waals surface area contributed by atoms with Gasteiger partial charge >= 0.3 is 0 Å². The molecule has 7 nitrogen and oxygen atoms in total. The van der Waals surface area contributed by atoms with Crippen molar-refractivity contribution >= 4 is 42.3 Å². The first-order valence-electron chi connectivity index (χ1n) is 9.55. The van der Waals surface area contributed by atoms with E-state index in [1.807, 2.05) is 10.8 Å². The number of imidazole rings is 1. The molecule has 0 aliphatic carbocycles. The van der Waals surface area contributed by atoms with Crippen LogP contribution in [0.15, 0.2) is 43.0 Å². The van der Waals surface area contributed by atoms with E-state index in [2.05, 4.69) is 20.9 Å². The lowest BCUT2D eigenvalue weighted by Crippen LogP contribution is -2.33. The Bertz CT molecular complexity index is 749.